The monoisotopic (exact) mass is 254 g/mol. The Morgan fingerprint density at radius 1 is 1.33 bits per heavy atom. The second-order valence-electron chi connectivity index (χ2n) is 6.72. The summed E-state index contributed by atoms with van der Waals surface area (Å²) in [5.74, 6) is 0.885. The molecule has 3 atom stereocenters. The molecular formula is C15H30N2O. The first kappa shape index (κ1) is 14.3. The van der Waals surface area contributed by atoms with Crippen molar-refractivity contribution < 1.29 is 4.74 Å². The smallest absolute Gasteiger partial charge is 0.0710 e. The van der Waals surface area contributed by atoms with Gasteiger partial charge in [-0.3, -0.25) is 4.90 Å². The molecule has 0 amide bonds. The van der Waals surface area contributed by atoms with Gasteiger partial charge in [0.2, 0.25) is 0 Å². The van der Waals surface area contributed by atoms with E-state index < -0.39 is 0 Å². The van der Waals surface area contributed by atoms with E-state index in [0.29, 0.717) is 12.1 Å². The molecule has 3 nitrogen and oxygen atoms in total. The van der Waals surface area contributed by atoms with Gasteiger partial charge in [0.05, 0.1) is 11.7 Å². The topological polar surface area (TPSA) is 38.5 Å². The van der Waals surface area contributed by atoms with Gasteiger partial charge >= 0.3 is 0 Å². The van der Waals surface area contributed by atoms with E-state index in [1.54, 1.807) is 0 Å². The molecule has 106 valence electrons. The highest BCUT2D eigenvalue weighted by molar-refractivity contribution is 4.87. The minimum absolute atomic E-state index is 0.0879. The SMILES string of the molecule is CCC1CCN(CC2CCC(C)(C)O2)C(CN)C1. The van der Waals surface area contributed by atoms with Crippen LogP contribution in [0.4, 0.5) is 0 Å². The molecule has 2 fully saturated rings. The van der Waals surface area contributed by atoms with Crippen LogP contribution in [-0.4, -0.2) is 42.3 Å². The highest BCUT2D eigenvalue weighted by atomic mass is 16.5. The van der Waals surface area contributed by atoms with Crippen LogP contribution in [0, 0.1) is 5.92 Å². The molecule has 2 heterocycles. The summed E-state index contributed by atoms with van der Waals surface area (Å²) in [4.78, 5) is 2.58. The van der Waals surface area contributed by atoms with Gasteiger partial charge in [0.15, 0.2) is 0 Å². The van der Waals surface area contributed by atoms with Gasteiger partial charge in [-0.15, -0.1) is 0 Å². The van der Waals surface area contributed by atoms with E-state index in [4.69, 9.17) is 10.5 Å². The number of ether oxygens (including phenoxy) is 1. The van der Waals surface area contributed by atoms with Gasteiger partial charge < -0.3 is 10.5 Å². The molecule has 0 aromatic heterocycles. The van der Waals surface area contributed by atoms with Crippen LogP contribution in [0.3, 0.4) is 0 Å². The Morgan fingerprint density at radius 3 is 2.67 bits per heavy atom. The Hall–Kier alpha value is -0.120. The second-order valence-corrected chi connectivity index (χ2v) is 6.72. The van der Waals surface area contributed by atoms with Crippen LogP contribution in [0.25, 0.3) is 0 Å². The van der Waals surface area contributed by atoms with Crippen LogP contribution in [0.2, 0.25) is 0 Å². The summed E-state index contributed by atoms with van der Waals surface area (Å²) in [7, 11) is 0. The molecule has 2 aliphatic heterocycles. The normalized spacial score (nSPS) is 37.0. The van der Waals surface area contributed by atoms with Gasteiger partial charge in [-0.25, -0.2) is 0 Å². The lowest BCUT2D eigenvalue weighted by Crippen LogP contribution is -2.49. The van der Waals surface area contributed by atoms with Crippen LogP contribution in [0.5, 0.6) is 0 Å². The molecule has 3 heteroatoms. The van der Waals surface area contributed by atoms with Crippen molar-refractivity contribution in [3.05, 3.63) is 0 Å². The van der Waals surface area contributed by atoms with E-state index >= 15 is 0 Å². The van der Waals surface area contributed by atoms with Crippen molar-refractivity contribution in [1.29, 1.82) is 0 Å². The minimum Gasteiger partial charge on any atom is -0.371 e. The molecular weight excluding hydrogens is 224 g/mol. The zero-order valence-corrected chi connectivity index (χ0v) is 12.3. The van der Waals surface area contributed by atoms with Crippen molar-refractivity contribution >= 4 is 0 Å². The highest BCUT2D eigenvalue weighted by Gasteiger charge is 2.35. The molecule has 2 aliphatic rings. The fraction of sp³-hybridized carbons (Fsp3) is 1.00. The zero-order valence-electron chi connectivity index (χ0n) is 12.3. The number of piperidine rings is 1. The molecule has 0 saturated carbocycles. The Bertz CT molecular complexity index is 267. The maximum absolute atomic E-state index is 6.12. The van der Waals surface area contributed by atoms with Gasteiger partial charge in [0.25, 0.3) is 0 Å². The molecule has 0 aliphatic carbocycles. The standard InChI is InChI=1S/C15H30N2O/c1-4-12-6-8-17(13(9-12)10-16)11-14-5-7-15(2,3)18-14/h12-14H,4-11,16H2,1-3H3. The number of hydrogen-bond donors (Lipinski definition) is 1. The first-order valence-electron chi connectivity index (χ1n) is 7.66. The van der Waals surface area contributed by atoms with Crippen molar-refractivity contribution in [3.63, 3.8) is 0 Å². The molecule has 0 spiro atoms. The second kappa shape index (κ2) is 5.89. The third-order valence-corrected chi connectivity index (χ3v) is 4.79. The Labute approximate surface area is 112 Å². The number of nitrogens with zero attached hydrogens (tertiary/aromatic N) is 1. The molecule has 2 N–H and O–H groups in total. The van der Waals surface area contributed by atoms with Crippen molar-refractivity contribution in [3.8, 4) is 0 Å². The van der Waals surface area contributed by atoms with Crippen LogP contribution < -0.4 is 5.73 Å². The van der Waals surface area contributed by atoms with Crippen molar-refractivity contribution in [2.24, 2.45) is 11.7 Å². The highest BCUT2D eigenvalue weighted by Crippen LogP contribution is 2.32. The molecule has 0 radical (unpaired) electrons. The van der Waals surface area contributed by atoms with Gasteiger partial charge in [0, 0.05) is 19.1 Å². The summed E-state index contributed by atoms with van der Waals surface area (Å²) < 4.78 is 6.12. The number of hydrogen-bond acceptors (Lipinski definition) is 3. The third kappa shape index (κ3) is 3.46. The molecule has 0 bridgehead atoms. The van der Waals surface area contributed by atoms with E-state index in [0.717, 1.165) is 19.0 Å². The van der Waals surface area contributed by atoms with E-state index in [1.807, 2.05) is 0 Å². The summed E-state index contributed by atoms with van der Waals surface area (Å²) in [6.07, 6.45) is 6.74. The van der Waals surface area contributed by atoms with Crippen LogP contribution in [0.1, 0.15) is 52.9 Å². The first-order valence-corrected chi connectivity index (χ1v) is 7.66. The van der Waals surface area contributed by atoms with E-state index in [1.165, 1.54) is 38.6 Å². The summed E-state index contributed by atoms with van der Waals surface area (Å²) in [5, 5.41) is 0. The Morgan fingerprint density at radius 2 is 2.11 bits per heavy atom. The van der Waals surface area contributed by atoms with Gasteiger partial charge in [-0.1, -0.05) is 13.3 Å². The quantitative estimate of drug-likeness (QED) is 0.837. The number of likely N-dealkylation sites (tertiary alicyclic amines) is 1. The average Bonchev–Trinajstić information content (AvgIpc) is 2.69. The minimum atomic E-state index is 0.0879. The molecule has 0 aromatic rings. The van der Waals surface area contributed by atoms with Gasteiger partial charge in [0.1, 0.15) is 0 Å². The Balaban J connectivity index is 1.85. The van der Waals surface area contributed by atoms with Crippen molar-refractivity contribution in [2.45, 2.75) is 70.6 Å². The predicted molar refractivity (Wildman–Crippen MR) is 75.6 cm³/mol. The zero-order chi connectivity index (χ0) is 13.2. The van der Waals surface area contributed by atoms with Crippen LogP contribution >= 0.6 is 0 Å². The van der Waals surface area contributed by atoms with Crippen molar-refractivity contribution in [2.75, 3.05) is 19.6 Å². The molecule has 2 rings (SSSR count). The van der Waals surface area contributed by atoms with E-state index in [9.17, 15) is 0 Å². The molecule has 0 aromatic carbocycles. The predicted octanol–water partition coefficient (Wildman–Crippen LogP) is 2.39. The lowest BCUT2D eigenvalue weighted by Gasteiger charge is -2.40. The fourth-order valence-electron chi connectivity index (χ4n) is 3.51. The lowest BCUT2D eigenvalue weighted by atomic mass is 9.88. The largest absolute Gasteiger partial charge is 0.371 e. The molecule has 2 saturated heterocycles. The summed E-state index contributed by atoms with van der Waals surface area (Å²) in [6, 6.07) is 0.580. The maximum atomic E-state index is 6.12. The van der Waals surface area contributed by atoms with Gasteiger partial charge in [-0.05, 0) is 52.0 Å². The fourth-order valence-corrected chi connectivity index (χ4v) is 3.51. The maximum Gasteiger partial charge on any atom is 0.0710 e. The summed E-state index contributed by atoms with van der Waals surface area (Å²) in [6.45, 7) is 9.80. The summed E-state index contributed by atoms with van der Waals surface area (Å²) in [5.41, 5.74) is 6.04. The van der Waals surface area contributed by atoms with E-state index in [-0.39, 0.29) is 5.60 Å². The number of nitrogens with two attached hydrogens (primary N) is 1. The van der Waals surface area contributed by atoms with Gasteiger partial charge in [-0.2, -0.15) is 0 Å². The average molecular weight is 254 g/mol. The first-order chi connectivity index (χ1) is 8.54. The number of rotatable bonds is 4. The molecule has 3 unspecified atom stereocenters. The summed E-state index contributed by atoms with van der Waals surface area (Å²) >= 11 is 0. The van der Waals surface area contributed by atoms with Crippen molar-refractivity contribution in [1.82, 2.24) is 4.90 Å². The third-order valence-electron chi connectivity index (χ3n) is 4.79. The van der Waals surface area contributed by atoms with E-state index in [2.05, 4.69) is 25.7 Å². The Kier molecular flexibility index (Phi) is 4.68. The van der Waals surface area contributed by atoms with Crippen LogP contribution in [0.15, 0.2) is 0 Å². The molecule has 18 heavy (non-hydrogen) atoms. The lowest BCUT2D eigenvalue weighted by molar-refractivity contribution is -0.0394. The van der Waals surface area contributed by atoms with Crippen LogP contribution in [-0.2, 0) is 4.74 Å².